The second-order valence-corrected chi connectivity index (χ2v) is 0. The Kier molecular flexibility index (Phi) is 342. The van der Waals surface area contributed by atoms with Crippen molar-refractivity contribution in [1.82, 2.24) is 0 Å². The predicted molar refractivity (Wildman–Crippen MR) is 55.7 cm³/mol. The summed E-state index contributed by atoms with van der Waals surface area (Å²) in [4.78, 5) is 0. The van der Waals surface area contributed by atoms with Crippen molar-refractivity contribution in [2.45, 2.75) is 0 Å². The third-order valence-electron chi connectivity index (χ3n) is 0. The van der Waals surface area contributed by atoms with E-state index in [0.29, 0.717) is 0 Å². The molecule has 6 heteroatoms. The van der Waals surface area contributed by atoms with Crippen LogP contribution < -0.4 is 0 Å². The van der Waals surface area contributed by atoms with Crippen LogP contribution in [0.4, 0.5) is 0 Å². The third kappa shape index (κ3) is 25.4. The molecular formula is H16Al4Mg2. The molecule has 0 spiro atoms. The van der Waals surface area contributed by atoms with Crippen LogP contribution in [0.25, 0.3) is 0 Å². The molecule has 0 heterocycles. The molecule has 0 saturated carbocycles. The van der Waals surface area contributed by atoms with Gasteiger partial charge in [-0.3, -0.25) is 0 Å². The molecule has 0 fully saturated rings. The molecular weight excluding hydrogens is 157 g/mol. The van der Waals surface area contributed by atoms with Gasteiger partial charge in [0.15, 0.2) is 69.4 Å². The Hall–Kier alpha value is 3.66. The molecule has 0 rings (SSSR count). The van der Waals surface area contributed by atoms with Crippen molar-refractivity contribution in [1.29, 1.82) is 0 Å². The van der Waals surface area contributed by atoms with E-state index in [1.54, 1.807) is 0 Å². The second kappa shape index (κ2) is 37.9. The quantitative estimate of drug-likeness (QED) is 0.321. The average Bonchev–Trinajstić information content (AvgIpc) is 0. The summed E-state index contributed by atoms with van der Waals surface area (Å²) in [6.45, 7) is 0. The SMILES string of the molecule is [AlH3].[AlH3].[AlH3].[AlH3].[H-].[H-].[H-].[H-].[Mg+2].[Mg+2]. The minimum atomic E-state index is 0. The molecule has 0 atom stereocenters. The Morgan fingerprint density at radius 2 is 0.500 bits per heavy atom. The first kappa shape index (κ1) is 54.1. The van der Waals surface area contributed by atoms with Crippen molar-refractivity contribution < 1.29 is 5.71 Å². The first-order valence-electron chi connectivity index (χ1n) is 0. The molecule has 0 unspecified atom stereocenters. The standard InChI is InChI=1S/4Al.2Mg.16H/q;;;;2*+2;;;;;;;;;;;;;4*-1. The van der Waals surface area contributed by atoms with Crippen molar-refractivity contribution in [3.63, 3.8) is 0 Å². The van der Waals surface area contributed by atoms with Gasteiger partial charge in [0.25, 0.3) is 0 Å². The molecule has 32 valence electrons. The molecule has 0 bridgehead atoms. The summed E-state index contributed by atoms with van der Waals surface area (Å²) in [7, 11) is 0. The van der Waals surface area contributed by atoms with E-state index in [2.05, 4.69) is 0 Å². The van der Waals surface area contributed by atoms with E-state index in [0.717, 1.165) is 0 Å². The fourth-order valence-corrected chi connectivity index (χ4v) is 0. The van der Waals surface area contributed by atoms with Crippen molar-refractivity contribution in [2.24, 2.45) is 0 Å². The normalized spacial score (nSPS) is 0. The Morgan fingerprint density at radius 3 is 0.500 bits per heavy atom. The van der Waals surface area contributed by atoms with Gasteiger partial charge in [0.05, 0.1) is 0 Å². The van der Waals surface area contributed by atoms with Gasteiger partial charge in [-0.25, -0.2) is 0 Å². The van der Waals surface area contributed by atoms with E-state index in [9.17, 15) is 0 Å². The van der Waals surface area contributed by atoms with Crippen molar-refractivity contribution in [2.75, 3.05) is 0 Å². The summed E-state index contributed by atoms with van der Waals surface area (Å²) >= 11 is 0. The van der Waals surface area contributed by atoms with Gasteiger partial charge in [0.1, 0.15) is 0 Å². The molecule has 0 aliphatic rings. The zero-order valence-electron chi connectivity index (χ0n) is 5.41. The maximum atomic E-state index is 0. The number of rotatable bonds is 0. The summed E-state index contributed by atoms with van der Waals surface area (Å²) < 4.78 is 0. The summed E-state index contributed by atoms with van der Waals surface area (Å²) in [5, 5.41) is 0. The summed E-state index contributed by atoms with van der Waals surface area (Å²) in [5.74, 6) is 0. The fourth-order valence-electron chi connectivity index (χ4n) is 0. The van der Waals surface area contributed by atoms with Crippen molar-refractivity contribution in [3.05, 3.63) is 0 Å². The molecule has 0 nitrogen and oxygen atoms in total. The molecule has 0 aromatic rings. The largest absolute Gasteiger partial charge is 2.00 e. The summed E-state index contributed by atoms with van der Waals surface area (Å²) in [5.41, 5.74) is 0. The molecule has 0 aliphatic heterocycles. The van der Waals surface area contributed by atoms with Crippen LogP contribution in [-0.2, 0) is 0 Å². The van der Waals surface area contributed by atoms with Gasteiger partial charge in [0.2, 0.25) is 0 Å². The maximum absolute atomic E-state index is 0. The van der Waals surface area contributed by atoms with Crippen molar-refractivity contribution >= 4 is 116 Å². The van der Waals surface area contributed by atoms with Gasteiger partial charge in [-0.2, -0.15) is 0 Å². The summed E-state index contributed by atoms with van der Waals surface area (Å²) in [6.07, 6.45) is 0. The number of hydrogen-bond donors (Lipinski definition) is 0. The third-order valence-corrected chi connectivity index (χ3v) is 0. The topological polar surface area (TPSA) is 0 Å². The molecule has 0 N–H and O–H groups in total. The zero-order valence-corrected chi connectivity index (χ0v) is 4.24. The first-order valence-corrected chi connectivity index (χ1v) is 0. The monoisotopic (exact) mass is 172 g/mol. The Labute approximate surface area is 119 Å². The first-order chi connectivity index (χ1) is 0. The van der Waals surface area contributed by atoms with Gasteiger partial charge < -0.3 is 5.71 Å². The van der Waals surface area contributed by atoms with E-state index in [-0.39, 0.29) is 121 Å². The maximum Gasteiger partial charge on any atom is 2.00 e. The Balaban J connectivity index is 0. The van der Waals surface area contributed by atoms with E-state index in [4.69, 9.17) is 0 Å². The van der Waals surface area contributed by atoms with Crippen LogP contribution in [0, 0.1) is 0 Å². The van der Waals surface area contributed by atoms with Gasteiger partial charge in [-0.1, -0.05) is 0 Å². The molecule has 0 aromatic carbocycles. The van der Waals surface area contributed by atoms with Crippen LogP contribution in [0.1, 0.15) is 5.71 Å². The number of hydrogen-bond acceptors (Lipinski definition) is 0. The molecule has 0 saturated heterocycles. The van der Waals surface area contributed by atoms with Gasteiger partial charge in [-0.15, -0.1) is 0 Å². The second-order valence-electron chi connectivity index (χ2n) is 0. The van der Waals surface area contributed by atoms with Crippen LogP contribution in [0.5, 0.6) is 0 Å². The van der Waals surface area contributed by atoms with Crippen molar-refractivity contribution in [3.8, 4) is 0 Å². The Bertz CT molecular complexity index is 15.2. The minimum Gasteiger partial charge on any atom is -1.00 e. The van der Waals surface area contributed by atoms with Crippen LogP contribution in [-0.4, -0.2) is 116 Å². The molecule has 0 radical (unpaired) electrons. The molecule has 0 aliphatic carbocycles. The molecule has 0 amide bonds. The van der Waals surface area contributed by atoms with Crippen LogP contribution >= 0.6 is 0 Å². The van der Waals surface area contributed by atoms with Gasteiger partial charge in [0, 0.05) is 0 Å². The molecule has 6 heavy (non-hydrogen) atoms. The zero-order chi connectivity index (χ0) is 0. The van der Waals surface area contributed by atoms with E-state index in [1.165, 1.54) is 0 Å². The van der Waals surface area contributed by atoms with Gasteiger partial charge in [-0.05, 0) is 0 Å². The van der Waals surface area contributed by atoms with Crippen LogP contribution in [0.15, 0.2) is 0 Å². The van der Waals surface area contributed by atoms with Crippen LogP contribution in [0.3, 0.4) is 0 Å². The smallest absolute Gasteiger partial charge is 1.00 e. The van der Waals surface area contributed by atoms with E-state index in [1.807, 2.05) is 0 Å². The van der Waals surface area contributed by atoms with Crippen LogP contribution in [0.2, 0.25) is 0 Å². The van der Waals surface area contributed by atoms with E-state index < -0.39 is 0 Å². The van der Waals surface area contributed by atoms with E-state index >= 15 is 0 Å². The summed E-state index contributed by atoms with van der Waals surface area (Å²) in [6, 6.07) is 0. The molecule has 0 aromatic heterocycles. The fraction of sp³-hybridized carbons (Fsp3) is 0. The average molecular weight is 173 g/mol. The minimum absolute atomic E-state index is 0. The van der Waals surface area contributed by atoms with Gasteiger partial charge >= 0.3 is 46.1 Å². The Morgan fingerprint density at radius 1 is 0.500 bits per heavy atom. The predicted octanol–water partition coefficient (Wildman–Crippen LogP) is -5.05.